The van der Waals surface area contributed by atoms with Gasteiger partial charge in [-0.2, -0.15) is 0 Å². The molecule has 0 unspecified atom stereocenters. The van der Waals surface area contributed by atoms with Crippen molar-refractivity contribution in [3.05, 3.63) is 71.2 Å². The van der Waals surface area contributed by atoms with Crippen LogP contribution in [0.3, 0.4) is 0 Å². The average molecular weight is 417 g/mol. The van der Waals surface area contributed by atoms with Gasteiger partial charge in [0, 0.05) is 43.7 Å². The van der Waals surface area contributed by atoms with Crippen LogP contribution in [0.15, 0.2) is 64.3 Å². The smallest absolute Gasteiger partial charge is 0.271 e. The van der Waals surface area contributed by atoms with Gasteiger partial charge in [-0.25, -0.2) is 13.4 Å². The van der Waals surface area contributed by atoms with Gasteiger partial charge in [-0.05, 0) is 41.8 Å². The molecule has 0 aliphatic carbocycles. The molecular weight excluding hydrogens is 396 g/mol. The third-order valence-corrected chi connectivity index (χ3v) is 6.67. The maximum atomic E-state index is 12.4. The highest BCUT2D eigenvalue weighted by atomic mass is 32.2. The van der Waals surface area contributed by atoms with Crippen molar-refractivity contribution in [1.29, 1.82) is 0 Å². The quantitative estimate of drug-likeness (QED) is 0.618. The van der Waals surface area contributed by atoms with Gasteiger partial charge < -0.3 is 10.2 Å². The Balaban J connectivity index is 1.64. The van der Waals surface area contributed by atoms with Crippen molar-refractivity contribution in [1.82, 2.24) is 10.3 Å². The maximum absolute atomic E-state index is 12.4. The minimum atomic E-state index is -3.61. The van der Waals surface area contributed by atoms with Crippen LogP contribution in [0.4, 0.5) is 11.5 Å². The third-order valence-electron chi connectivity index (χ3n) is 3.89. The van der Waals surface area contributed by atoms with Crippen LogP contribution in [-0.2, 0) is 16.6 Å². The molecule has 28 heavy (non-hydrogen) atoms. The number of sulfonamides is 1. The van der Waals surface area contributed by atoms with Crippen molar-refractivity contribution in [3.63, 3.8) is 0 Å². The second-order valence-corrected chi connectivity index (χ2v) is 9.04. The summed E-state index contributed by atoms with van der Waals surface area (Å²) in [4.78, 5) is 18.6. The van der Waals surface area contributed by atoms with Crippen molar-refractivity contribution in [2.24, 2.45) is 0 Å². The Morgan fingerprint density at radius 2 is 1.86 bits per heavy atom. The lowest BCUT2D eigenvalue weighted by atomic mass is 10.2. The zero-order valence-electron chi connectivity index (χ0n) is 15.4. The van der Waals surface area contributed by atoms with Crippen LogP contribution in [0.5, 0.6) is 0 Å². The Bertz CT molecular complexity index is 1050. The van der Waals surface area contributed by atoms with E-state index < -0.39 is 10.0 Å². The topological polar surface area (TPSA) is 91.4 Å². The number of carbonyl (C=O) groups is 1. The van der Waals surface area contributed by atoms with Crippen molar-refractivity contribution in [2.75, 3.05) is 23.7 Å². The Morgan fingerprint density at radius 3 is 2.50 bits per heavy atom. The summed E-state index contributed by atoms with van der Waals surface area (Å²) in [5.41, 5.74) is 1.74. The van der Waals surface area contributed by atoms with Gasteiger partial charge in [0.2, 0.25) is 0 Å². The number of pyridine rings is 1. The number of nitrogens with one attached hydrogen (secondary N) is 2. The van der Waals surface area contributed by atoms with Crippen LogP contribution in [0.2, 0.25) is 0 Å². The number of hydrogen-bond acceptors (Lipinski definition) is 6. The fourth-order valence-electron chi connectivity index (χ4n) is 2.56. The minimum Gasteiger partial charge on any atom is -0.362 e. The number of carbonyl (C=O) groups excluding carboxylic acids is 1. The second kappa shape index (κ2) is 8.41. The van der Waals surface area contributed by atoms with Crippen molar-refractivity contribution in [3.8, 4) is 0 Å². The SMILES string of the molecule is CN(C)c1ncccc1CNC(=O)c1ccc(NS(=O)(=O)c2cccs2)cc1. The van der Waals surface area contributed by atoms with E-state index in [4.69, 9.17) is 0 Å². The summed E-state index contributed by atoms with van der Waals surface area (Å²) in [7, 11) is 0.179. The summed E-state index contributed by atoms with van der Waals surface area (Å²) in [6.07, 6.45) is 1.70. The number of rotatable bonds is 7. The average Bonchev–Trinajstić information content (AvgIpc) is 3.22. The third kappa shape index (κ3) is 4.68. The molecule has 3 rings (SSSR count). The minimum absolute atomic E-state index is 0.238. The highest BCUT2D eigenvalue weighted by molar-refractivity contribution is 7.94. The van der Waals surface area contributed by atoms with Gasteiger partial charge in [-0.1, -0.05) is 12.1 Å². The van der Waals surface area contributed by atoms with Gasteiger partial charge in [0.05, 0.1) is 0 Å². The number of benzene rings is 1. The summed E-state index contributed by atoms with van der Waals surface area (Å²) in [5, 5.41) is 4.56. The predicted octanol–water partition coefficient (Wildman–Crippen LogP) is 2.94. The van der Waals surface area contributed by atoms with Crippen molar-refractivity contribution >= 4 is 38.8 Å². The summed E-state index contributed by atoms with van der Waals surface area (Å²) < 4.78 is 27.2. The number of anilines is 2. The molecule has 7 nitrogen and oxygen atoms in total. The van der Waals surface area contributed by atoms with Crippen LogP contribution < -0.4 is 14.9 Å². The molecule has 1 amide bonds. The van der Waals surface area contributed by atoms with Crippen LogP contribution >= 0.6 is 11.3 Å². The van der Waals surface area contributed by atoms with E-state index in [-0.39, 0.29) is 10.1 Å². The van der Waals surface area contributed by atoms with E-state index >= 15 is 0 Å². The standard InChI is InChI=1S/C19H20N4O3S2/c1-23(2)18-15(5-3-11-20-18)13-21-19(24)14-7-9-16(10-8-14)22-28(25,26)17-6-4-12-27-17/h3-12,22H,13H2,1-2H3,(H,21,24). The lowest BCUT2D eigenvalue weighted by Crippen LogP contribution is -2.24. The normalized spacial score (nSPS) is 11.1. The van der Waals surface area contributed by atoms with Crippen molar-refractivity contribution in [2.45, 2.75) is 10.8 Å². The van der Waals surface area contributed by atoms with E-state index in [1.807, 2.05) is 31.1 Å². The fraction of sp³-hybridized carbons (Fsp3) is 0.158. The molecule has 0 aliphatic rings. The predicted molar refractivity (Wildman–Crippen MR) is 111 cm³/mol. The molecule has 146 valence electrons. The first kappa shape index (κ1) is 19.8. The first-order valence-electron chi connectivity index (χ1n) is 8.42. The first-order valence-corrected chi connectivity index (χ1v) is 10.8. The zero-order valence-corrected chi connectivity index (χ0v) is 17.0. The Hall–Kier alpha value is -2.91. The van der Waals surface area contributed by atoms with E-state index in [0.29, 0.717) is 17.8 Å². The number of thiophene rings is 1. The molecule has 0 bridgehead atoms. The Labute approximate surface area is 168 Å². The summed E-state index contributed by atoms with van der Waals surface area (Å²) >= 11 is 1.14. The molecule has 0 fully saturated rings. The van der Waals surface area contributed by atoms with Gasteiger partial charge in [0.15, 0.2) is 0 Å². The van der Waals surface area contributed by atoms with Gasteiger partial charge in [-0.3, -0.25) is 9.52 Å². The molecule has 2 heterocycles. The van der Waals surface area contributed by atoms with Crippen LogP contribution in [0.1, 0.15) is 15.9 Å². The summed E-state index contributed by atoms with van der Waals surface area (Å²) in [6.45, 7) is 0.340. The number of aromatic nitrogens is 1. The van der Waals surface area contributed by atoms with Crippen LogP contribution in [0, 0.1) is 0 Å². The van der Waals surface area contributed by atoms with Gasteiger partial charge in [-0.15, -0.1) is 11.3 Å². The van der Waals surface area contributed by atoms with Gasteiger partial charge in [0.1, 0.15) is 10.0 Å². The molecule has 1 aromatic carbocycles. The monoisotopic (exact) mass is 416 g/mol. The zero-order chi connectivity index (χ0) is 20.1. The highest BCUT2D eigenvalue weighted by Crippen LogP contribution is 2.20. The molecule has 2 N–H and O–H groups in total. The molecule has 0 radical (unpaired) electrons. The molecule has 2 aromatic heterocycles. The van der Waals surface area contributed by atoms with Gasteiger partial charge in [0.25, 0.3) is 15.9 Å². The second-order valence-electron chi connectivity index (χ2n) is 6.18. The van der Waals surface area contributed by atoms with Crippen LogP contribution in [-0.4, -0.2) is 33.4 Å². The number of amides is 1. The van der Waals surface area contributed by atoms with Crippen molar-refractivity contribution < 1.29 is 13.2 Å². The Morgan fingerprint density at radius 1 is 1.11 bits per heavy atom. The highest BCUT2D eigenvalue weighted by Gasteiger charge is 2.15. The maximum Gasteiger partial charge on any atom is 0.271 e. The molecule has 0 spiro atoms. The fourth-order valence-corrected chi connectivity index (χ4v) is 4.61. The van der Waals surface area contributed by atoms with Gasteiger partial charge >= 0.3 is 0 Å². The summed E-state index contributed by atoms with van der Waals surface area (Å²) in [5.74, 6) is 0.544. The van der Waals surface area contributed by atoms with E-state index in [2.05, 4.69) is 15.0 Å². The Kier molecular flexibility index (Phi) is 5.96. The lowest BCUT2D eigenvalue weighted by molar-refractivity contribution is 0.0951. The molecule has 0 atom stereocenters. The molecule has 0 aliphatic heterocycles. The van der Waals surface area contributed by atoms with E-state index in [0.717, 1.165) is 22.7 Å². The lowest BCUT2D eigenvalue weighted by Gasteiger charge is -2.16. The first-order chi connectivity index (χ1) is 13.4. The van der Waals surface area contributed by atoms with Crippen LogP contribution in [0.25, 0.3) is 0 Å². The molecular formula is C19H20N4O3S2. The molecule has 9 heteroatoms. The molecule has 3 aromatic rings. The molecule has 0 saturated carbocycles. The summed E-state index contributed by atoms with van der Waals surface area (Å²) in [6, 6.07) is 13.2. The largest absolute Gasteiger partial charge is 0.362 e. The number of nitrogens with zero attached hydrogens (tertiary/aromatic N) is 2. The number of hydrogen-bond donors (Lipinski definition) is 2. The molecule has 0 saturated heterocycles. The van der Waals surface area contributed by atoms with E-state index in [9.17, 15) is 13.2 Å². The van der Waals surface area contributed by atoms with E-state index in [1.165, 1.54) is 6.07 Å². The van der Waals surface area contributed by atoms with E-state index in [1.54, 1.807) is 41.9 Å².